The molecule has 1 unspecified atom stereocenters. The van der Waals surface area contributed by atoms with Crippen LogP contribution >= 0.6 is 11.6 Å². The van der Waals surface area contributed by atoms with Crippen LogP contribution in [-0.4, -0.2) is 41.9 Å². The van der Waals surface area contributed by atoms with Crippen LogP contribution in [0.1, 0.15) is 16.8 Å². The average Bonchev–Trinajstić information content (AvgIpc) is 2.90. The maximum Gasteiger partial charge on any atom is 0.283 e. The van der Waals surface area contributed by atoms with E-state index in [1.54, 1.807) is 7.05 Å². The second-order valence-electron chi connectivity index (χ2n) is 4.45. The van der Waals surface area contributed by atoms with Crippen molar-refractivity contribution in [2.75, 3.05) is 20.1 Å². The molecule has 1 aliphatic rings. The highest BCUT2D eigenvalue weighted by Gasteiger charge is 2.30. The number of carbonyl (C=O) groups excluding carboxylic acids is 1. The molecule has 1 amide bonds. The van der Waals surface area contributed by atoms with Crippen LogP contribution in [-0.2, 0) is 0 Å². The van der Waals surface area contributed by atoms with Gasteiger partial charge in [0.2, 0.25) is 0 Å². The number of rotatable bonds is 3. The summed E-state index contributed by atoms with van der Waals surface area (Å²) in [7, 11) is 1.65. The zero-order valence-electron chi connectivity index (χ0n) is 10.4. The number of nitrogens with one attached hydrogen (secondary N) is 1. The molecule has 1 aromatic rings. The van der Waals surface area contributed by atoms with E-state index in [0.717, 1.165) is 13.0 Å². The van der Waals surface area contributed by atoms with Gasteiger partial charge in [0.25, 0.3) is 11.6 Å². The fourth-order valence-corrected chi connectivity index (χ4v) is 2.44. The van der Waals surface area contributed by atoms with Crippen molar-refractivity contribution < 1.29 is 9.72 Å². The first-order valence-corrected chi connectivity index (χ1v) is 6.31. The second-order valence-corrected chi connectivity index (χ2v) is 4.86. The van der Waals surface area contributed by atoms with Gasteiger partial charge >= 0.3 is 0 Å². The molecule has 0 bridgehead atoms. The van der Waals surface area contributed by atoms with Crippen molar-refractivity contribution in [3.63, 3.8) is 0 Å². The molecule has 1 atom stereocenters. The van der Waals surface area contributed by atoms with E-state index >= 15 is 0 Å². The third-order valence-corrected chi connectivity index (χ3v) is 3.62. The van der Waals surface area contributed by atoms with E-state index < -0.39 is 10.8 Å². The molecule has 6 nitrogen and oxygen atoms in total. The van der Waals surface area contributed by atoms with Crippen LogP contribution in [0.25, 0.3) is 0 Å². The lowest BCUT2D eigenvalue weighted by Crippen LogP contribution is -2.38. The van der Waals surface area contributed by atoms with E-state index in [9.17, 15) is 14.9 Å². The Bertz CT molecular complexity index is 515. The summed E-state index contributed by atoms with van der Waals surface area (Å²) < 4.78 is 0. The molecule has 1 fully saturated rings. The van der Waals surface area contributed by atoms with Gasteiger partial charge in [0.05, 0.1) is 9.95 Å². The largest absolute Gasteiger partial charge is 0.337 e. The molecular weight excluding hydrogens is 270 g/mol. The van der Waals surface area contributed by atoms with E-state index in [1.807, 2.05) is 0 Å². The monoisotopic (exact) mass is 283 g/mol. The predicted molar refractivity (Wildman–Crippen MR) is 71.5 cm³/mol. The summed E-state index contributed by atoms with van der Waals surface area (Å²) in [4.78, 5) is 24.3. The summed E-state index contributed by atoms with van der Waals surface area (Å²) in [5.41, 5.74) is -0.293. The van der Waals surface area contributed by atoms with Crippen LogP contribution in [0.2, 0.25) is 5.02 Å². The molecule has 2 rings (SSSR count). The molecule has 1 saturated heterocycles. The maximum absolute atomic E-state index is 12.4. The second kappa shape index (κ2) is 5.54. The fourth-order valence-electron chi connectivity index (χ4n) is 2.19. The molecule has 0 aromatic heterocycles. The summed E-state index contributed by atoms with van der Waals surface area (Å²) in [6.07, 6.45) is 0.834. The third-order valence-electron chi connectivity index (χ3n) is 3.30. The highest BCUT2D eigenvalue weighted by atomic mass is 35.5. The first kappa shape index (κ1) is 13.8. The Morgan fingerprint density at radius 3 is 2.89 bits per heavy atom. The Labute approximate surface area is 115 Å². The van der Waals surface area contributed by atoms with E-state index in [0.29, 0.717) is 6.54 Å². The van der Waals surface area contributed by atoms with Crippen LogP contribution in [0.15, 0.2) is 18.2 Å². The molecular formula is C12H14ClN3O3. The minimum Gasteiger partial charge on any atom is -0.337 e. The number of nitro groups is 1. The number of hydrogen-bond acceptors (Lipinski definition) is 4. The van der Waals surface area contributed by atoms with E-state index in [2.05, 4.69) is 5.32 Å². The summed E-state index contributed by atoms with van der Waals surface area (Å²) in [6, 6.07) is 4.29. The van der Waals surface area contributed by atoms with Gasteiger partial charge in [-0.1, -0.05) is 17.7 Å². The Hall–Kier alpha value is -1.66. The molecule has 7 heteroatoms. The summed E-state index contributed by atoms with van der Waals surface area (Å²) in [6.45, 7) is 1.54. The number of nitro benzene ring substituents is 1. The van der Waals surface area contributed by atoms with Gasteiger partial charge in [0, 0.05) is 25.7 Å². The van der Waals surface area contributed by atoms with Crippen LogP contribution in [0, 0.1) is 10.1 Å². The van der Waals surface area contributed by atoms with Crippen molar-refractivity contribution in [2.45, 2.75) is 12.5 Å². The van der Waals surface area contributed by atoms with Crippen molar-refractivity contribution in [1.29, 1.82) is 0 Å². The Morgan fingerprint density at radius 1 is 1.58 bits per heavy atom. The van der Waals surface area contributed by atoms with Crippen molar-refractivity contribution in [3.8, 4) is 0 Å². The minimum absolute atomic E-state index is 0.0384. The van der Waals surface area contributed by atoms with Gasteiger partial charge in [-0.2, -0.15) is 0 Å². The van der Waals surface area contributed by atoms with E-state index in [-0.39, 0.29) is 22.3 Å². The highest BCUT2D eigenvalue weighted by Crippen LogP contribution is 2.28. The van der Waals surface area contributed by atoms with E-state index in [1.165, 1.54) is 23.1 Å². The van der Waals surface area contributed by atoms with Gasteiger partial charge in [-0.25, -0.2) is 0 Å². The number of hydrogen-bond donors (Lipinski definition) is 1. The van der Waals surface area contributed by atoms with Crippen molar-refractivity contribution in [3.05, 3.63) is 38.9 Å². The molecule has 102 valence electrons. The van der Waals surface area contributed by atoms with Gasteiger partial charge in [0.1, 0.15) is 5.56 Å². The van der Waals surface area contributed by atoms with Crippen molar-refractivity contribution in [2.24, 2.45) is 0 Å². The SMILES string of the molecule is CN(C(=O)c1c(Cl)cccc1[N+](=O)[O-])C1CCNC1. The molecule has 0 radical (unpaired) electrons. The van der Waals surface area contributed by atoms with Crippen LogP contribution in [0.3, 0.4) is 0 Å². The topological polar surface area (TPSA) is 75.5 Å². The van der Waals surface area contributed by atoms with Crippen molar-refractivity contribution >= 4 is 23.2 Å². The van der Waals surface area contributed by atoms with Gasteiger partial charge in [-0.05, 0) is 19.0 Å². The summed E-state index contributed by atoms with van der Waals surface area (Å²) in [5.74, 6) is -0.411. The molecule has 0 aliphatic carbocycles. The molecule has 1 aliphatic heterocycles. The molecule has 1 heterocycles. The number of likely N-dealkylation sites (N-methyl/N-ethyl adjacent to an activating group) is 1. The number of carbonyl (C=O) groups is 1. The standard InChI is InChI=1S/C12H14ClN3O3/c1-15(8-5-6-14-7-8)12(17)11-9(13)3-2-4-10(11)16(18)19/h2-4,8,14H,5-7H2,1H3. The lowest BCUT2D eigenvalue weighted by atomic mass is 10.1. The zero-order valence-corrected chi connectivity index (χ0v) is 11.2. The van der Waals surface area contributed by atoms with Gasteiger partial charge in [0.15, 0.2) is 0 Å². The third kappa shape index (κ3) is 2.69. The smallest absolute Gasteiger partial charge is 0.283 e. The normalized spacial score (nSPS) is 18.3. The van der Waals surface area contributed by atoms with Crippen LogP contribution < -0.4 is 5.32 Å². The van der Waals surface area contributed by atoms with Gasteiger partial charge in [-0.15, -0.1) is 0 Å². The number of benzene rings is 1. The van der Waals surface area contributed by atoms with Crippen molar-refractivity contribution in [1.82, 2.24) is 10.2 Å². The summed E-state index contributed by atoms with van der Waals surface area (Å²) in [5, 5.41) is 14.2. The first-order valence-electron chi connectivity index (χ1n) is 5.93. The quantitative estimate of drug-likeness (QED) is 0.676. The van der Waals surface area contributed by atoms with Gasteiger partial charge < -0.3 is 10.2 Å². The molecule has 19 heavy (non-hydrogen) atoms. The molecule has 0 saturated carbocycles. The molecule has 1 aromatic carbocycles. The summed E-state index contributed by atoms with van der Waals surface area (Å²) >= 11 is 5.95. The predicted octanol–water partition coefficient (Wildman–Crippen LogP) is 1.68. The lowest BCUT2D eigenvalue weighted by molar-refractivity contribution is -0.385. The Balaban J connectivity index is 2.35. The van der Waals surface area contributed by atoms with Crippen LogP contribution in [0.4, 0.5) is 5.69 Å². The van der Waals surface area contributed by atoms with E-state index in [4.69, 9.17) is 11.6 Å². The zero-order chi connectivity index (χ0) is 14.0. The average molecular weight is 284 g/mol. The highest BCUT2D eigenvalue weighted by molar-refractivity contribution is 6.34. The number of amides is 1. The lowest BCUT2D eigenvalue weighted by Gasteiger charge is -2.24. The molecule has 1 N–H and O–H groups in total. The Morgan fingerprint density at radius 2 is 2.32 bits per heavy atom. The first-order chi connectivity index (χ1) is 9.02. The molecule has 0 spiro atoms. The minimum atomic E-state index is -0.583. The Kier molecular flexibility index (Phi) is 4.01. The van der Waals surface area contributed by atoms with Gasteiger partial charge in [-0.3, -0.25) is 14.9 Å². The number of halogens is 1. The van der Waals surface area contributed by atoms with Crippen LogP contribution in [0.5, 0.6) is 0 Å². The maximum atomic E-state index is 12.4. The fraction of sp³-hybridized carbons (Fsp3) is 0.417. The number of nitrogens with zero attached hydrogens (tertiary/aromatic N) is 2.